The van der Waals surface area contributed by atoms with E-state index in [1.165, 1.54) is 6.07 Å². The molecule has 0 spiro atoms. The van der Waals surface area contributed by atoms with Crippen LogP contribution in [0.15, 0.2) is 18.2 Å². The number of hydrogen-bond acceptors (Lipinski definition) is 2. The predicted molar refractivity (Wildman–Crippen MR) is 57.4 cm³/mol. The lowest BCUT2D eigenvalue weighted by Crippen LogP contribution is -2.30. The monoisotopic (exact) mass is 208 g/mol. The first kappa shape index (κ1) is 10.6. The second-order valence-corrected chi connectivity index (χ2v) is 4.14. The molecule has 2 nitrogen and oxygen atoms in total. The average molecular weight is 208 g/mol. The maximum absolute atomic E-state index is 13.6. The zero-order valence-corrected chi connectivity index (χ0v) is 8.49. The lowest BCUT2D eigenvalue weighted by Gasteiger charge is -2.11. The van der Waals surface area contributed by atoms with E-state index in [0.717, 1.165) is 31.2 Å². The number of halogens is 1. The molecule has 0 unspecified atom stereocenters. The highest BCUT2D eigenvalue weighted by Crippen LogP contribution is 2.34. The fourth-order valence-corrected chi connectivity index (χ4v) is 2.27. The van der Waals surface area contributed by atoms with Crippen molar-refractivity contribution in [3.8, 4) is 0 Å². The highest BCUT2D eigenvalue weighted by Gasteiger charge is 2.21. The van der Waals surface area contributed by atoms with Crippen molar-refractivity contribution in [3.05, 3.63) is 29.6 Å². The second kappa shape index (κ2) is 4.33. The van der Waals surface area contributed by atoms with Crippen LogP contribution in [0.4, 0.5) is 4.39 Å². The van der Waals surface area contributed by atoms with Crippen LogP contribution in [-0.4, -0.2) is 17.2 Å². The highest BCUT2D eigenvalue weighted by molar-refractivity contribution is 6.58. The lowest BCUT2D eigenvalue weighted by molar-refractivity contribution is 0.425. The van der Waals surface area contributed by atoms with E-state index in [-0.39, 0.29) is 11.3 Å². The van der Waals surface area contributed by atoms with Gasteiger partial charge < -0.3 is 10.0 Å². The Hall–Kier alpha value is -0.865. The van der Waals surface area contributed by atoms with E-state index in [1.807, 2.05) is 0 Å². The van der Waals surface area contributed by atoms with Crippen molar-refractivity contribution in [1.82, 2.24) is 0 Å². The summed E-state index contributed by atoms with van der Waals surface area (Å²) in [5.41, 5.74) is 0.936. The van der Waals surface area contributed by atoms with Gasteiger partial charge in [-0.1, -0.05) is 25.0 Å². The molecule has 0 amide bonds. The third kappa shape index (κ3) is 2.21. The first-order chi connectivity index (χ1) is 7.18. The van der Waals surface area contributed by atoms with Crippen molar-refractivity contribution in [2.45, 2.75) is 31.6 Å². The molecule has 2 N–H and O–H groups in total. The van der Waals surface area contributed by atoms with Gasteiger partial charge in [0.2, 0.25) is 0 Å². The summed E-state index contributed by atoms with van der Waals surface area (Å²) >= 11 is 0. The Morgan fingerprint density at radius 1 is 1.20 bits per heavy atom. The van der Waals surface area contributed by atoms with Gasteiger partial charge in [-0.15, -0.1) is 0 Å². The van der Waals surface area contributed by atoms with Gasteiger partial charge in [0.1, 0.15) is 5.82 Å². The molecular weight excluding hydrogens is 194 g/mol. The van der Waals surface area contributed by atoms with Crippen LogP contribution in [0.3, 0.4) is 0 Å². The Kier molecular flexibility index (Phi) is 3.07. The van der Waals surface area contributed by atoms with E-state index in [9.17, 15) is 4.39 Å². The molecule has 1 aliphatic rings. The molecule has 1 aromatic rings. The smallest absolute Gasteiger partial charge is 0.423 e. The standard InChI is InChI=1S/C11H14BFO2/c13-11-7-9(12(14)15)5-6-10(11)8-3-1-2-4-8/h5-8,14-15H,1-4H2. The largest absolute Gasteiger partial charge is 0.488 e. The number of hydrogen-bond donors (Lipinski definition) is 2. The molecule has 2 rings (SSSR count). The van der Waals surface area contributed by atoms with Crippen LogP contribution >= 0.6 is 0 Å². The van der Waals surface area contributed by atoms with Gasteiger partial charge in [0.25, 0.3) is 0 Å². The van der Waals surface area contributed by atoms with Crippen molar-refractivity contribution in [1.29, 1.82) is 0 Å². The second-order valence-electron chi connectivity index (χ2n) is 4.14. The predicted octanol–water partition coefficient (Wildman–Crippen LogP) is 1.16. The van der Waals surface area contributed by atoms with Gasteiger partial charge in [0, 0.05) is 0 Å². The van der Waals surface area contributed by atoms with Gasteiger partial charge in [-0.25, -0.2) is 4.39 Å². The minimum atomic E-state index is -1.59. The summed E-state index contributed by atoms with van der Waals surface area (Å²) in [7, 11) is -1.59. The fraction of sp³-hybridized carbons (Fsp3) is 0.455. The molecule has 80 valence electrons. The topological polar surface area (TPSA) is 40.5 Å². The summed E-state index contributed by atoms with van der Waals surface area (Å²) in [6.45, 7) is 0. The normalized spacial score (nSPS) is 17.0. The maximum atomic E-state index is 13.6. The van der Waals surface area contributed by atoms with Crippen LogP contribution in [0.5, 0.6) is 0 Å². The Balaban J connectivity index is 2.25. The fourth-order valence-electron chi connectivity index (χ4n) is 2.27. The molecule has 0 saturated heterocycles. The van der Waals surface area contributed by atoms with Gasteiger partial charge in [0.05, 0.1) is 0 Å². The zero-order chi connectivity index (χ0) is 10.8. The third-order valence-electron chi connectivity index (χ3n) is 3.12. The molecule has 0 atom stereocenters. The lowest BCUT2D eigenvalue weighted by atomic mass is 9.79. The Morgan fingerprint density at radius 2 is 1.87 bits per heavy atom. The average Bonchev–Trinajstić information content (AvgIpc) is 2.70. The molecular formula is C11H14BFO2. The van der Waals surface area contributed by atoms with Crippen molar-refractivity contribution < 1.29 is 14.4 Å². The van der Waals surface area contributed by atoms with Crippen molar-refractivity contribution in [3.63, 3.8) is 0 Å². The molecule has 1 aliphatic carbocycles. The van der Waals surface area contributed by atoms with E-state index >= 15 is 0 Å². The minimum absolute atomic E-state index is 0.217. The van der Waals surface area contributed by atoms with E-state index in [1.54, 1.807) is 12.1 Å². The Labute approximate surface area is 88.9 Å². The molecule has 0 heterocycles. The van der Waals surface area contributed by atoms with E-state index < -0.39 is 7.12 Å². The van der Waals surface area contributed by atoms with Crippen LogP contribution in [-0.2, 0) is 0 Å². The van der Waals surface area contributed by atoms with E-state index in [2.05, 4.69) is 0 Å². The third-order valence-corrected chi connectivity index (χ3v) is 3.12. The molecule has 0 radical (unpaired) electrons. The number of benzene rings is 1. The van der Waals surface area contributed by atoms with E-state index in [0.29, 0.717) is 5.92 Å². The van der Waals surface area contributed by atoms with Crippen molar-refractivity contribution >= 4 is 12.6 Å². The molecule has 15 heavy (non-hydrogen) atoms. The van der Waals surface area contributed by atoms with Gasteiger partial charge in [-0.2, -0.15) is 0 Å². The summed E-state index contributed by atoms with van der Waals surface area (Å²) in [5, 5.41) is 17.8. The van der Waals surface area contributed by atoms with Crippen molar-refractivity contribution in [2.75, 3.05) is 0 Å². The van der Waals surface area contributed by atoms with Crippen LogP contribution in [0.1, 0.15) is 37.2 Å². The first-order valence-corrected chi connectivity index (χ1v) is 5.34. The van der Waals surface area contributed by atoms with Crippen LogP contribution in [0.2, 0.25) is 0 Å². The van der Waals surface area contributed by atoms with Gasteiger partial charge in [-0.3, -0.25) is 0 Å². The SMILES string of the molecule is OB(O)c1ccc(C2CCCC2)c(F)c1. The molecule has 0 aromatic heterocycles. The van der Waals surface area contributed by atoms with Crippen LogP contribution < -0.4 is 5.46 Å². The van der Waals surface area contributed by atoms with Gasteiger partial charge in [0.15, 0.2) is 0 Å². The van der Waals surface area contributed by atoms with Crippen molar-refractivity contribution in [2.24, 2.45) is 0 Å². The molecule has 0 bridgehead atoms. The summed E-state index contributed by atoms with van der Waals surface area (Å²) in [6, 6.07) is 4.49. The summed E-state index contributed by atoms with van der Waals surface area (Å²) in [5.74, 6) is 0.00221. The summed E-state index contributed by atoms with van der Waals surface area (Å²) < 4.78 is 13.6. The molecule has 1 aromatic carbocycles. The Morgan fingerprint density at radius 3 is 2.40 bits per heavy atom. The Bertz CT molecular complexity index is 348. The first-order valence-electron chi connectivity index (χ1n) is 5.34. The summed E-state index contributed by atoms with van der Waals surface area (Å²) in [4.78, 5) is 0. The molecule has 1 fully saturated rings. The van der Waals surface area contributed by atoms with Crippen LogP contribution in [0.25, 0.3) is 0 Å². The highest BCUT2D eigenvalue weighted by atomic mass is 19.1. The van der Waals surface area contributed by atoms with E-state index in [4.69, 9.17) is 10.0 Å². The quantitative estimate of drug-likeness (QED) is 0.716. The molecule has 4 heteroatoms. The molecule has 0 aliphatic heterocycles. The maximum Gasteiger partial charge on any atom is 0.488 e. The molecule has 1 saturated carbocycles. The minimum Gasteiger partial charge on any atom is -0.423 e. The zero-order valence-electron chi connectivity index (χ0n) is 8.49. The summed E-state index contributed by atoms with van der Waals surface area (Å²) in [6.07, 6.45) is 4.40. The number of rotatable bonds is 2. The van der Waals surface area contributed by atoms with Crippen LogP contribution in [0, 0.1) is 5.82 Å². The van der Waals surface area contributed by atoms with Gasteiger partial charge >= 0.3 is 7.12 Å². The van der Waals surface area contributed by atoms with Gasteiger partial charge in [-0.05, 0) is 35.9 Å².